The van der Waals surface area contributed by atoms with Crippen LogP contribution in [0.3, 0.4) is 0 Å². The quantitative estimate of drug-likeness (QED) is 0.917. The first kappa shape index (κ1) is 12.9. The Morgan fingerprint density at radius 2 is 1.72 bits per heavy atom. The van der Waals surface area contributed by atoms with Gasteiger partial charge in [-0.25, -0.2) is 4.39 Å². The number of aliphatic hydroxyl groups excluding tert-OH is 1. The Balaban J connectivity index is 2.04. The summed E-state index contributed by atoms with van der Waals surface area (Å²) in [4.78, 5) is 0. The van der Waals surface area contributed by atoms with Gasteiger partial charge in [0.15, 0.2) is 0 Å². The van der Waals surface area contributed by atoms with Crippen molar-refractivity contribution in [1.29, 1.82) is 0 Å². The second-order valence-corrected chi connectivity index (χ2v) is 4.25. The topological polar surface area (TPSA) is 29.5 Å². The average molecular weight is 267 g/mol. The van der Waals surface area contributed by atoms with Gasteiger partial charge in [0.05, 0.1) is 11.6 Å². The molecule has 2 aromatic carbocycles. The number of rotatable bonds is 4. The lowest BCUT2D eigenvalue weighted by molar-refractivity contribution is 0.281. The van der Waals surface area contributed by atoms with Gasteiger partial charge in [0.25, 0.3) is 0 Å². The zero-order chi connectivity index (χ0) is 13.0. The molecule has 0 fully saturated rings. The molecule has 2 aromatic rings. The molecule has 0 heterocycles. The molecule has 0 radical (unpaired) electrons. The fourth-order valence-corrected chi connectivity index (χ4v) is 1.76. The largest absolute Gasteiger partial charge is 0.487 e. The number of benzene rings is 2. The van der Waals surface area contributed by atoms with E-state index in [9.17, 15) is 4.39 Å². The fraction of sp³-hybridized carbons (Fsp3) is 0.143. The summed E-state index contributed by atoms with van der Waals surface area (Å²) in [5, 5.41) is 9.40. The summed E-state index contributed by atoms with van der Waals surface area (Å²) in [6.45, 7) is 0.260. The van der Waals surface area contributed by atoms with Crippen LogP contribution < -0.4 is 4.74 Å². The van der Waals surface area contributed by atoms with E-state index in [1.165, 1.54) is 12.1 Å². The molecule has 0 atom stereocenters. The third-order valence-electron chi connectivity index (χ3n) is 2.49. The van der Waals surface area contributed by atoms with E-state index in [4.69, 9.17) is 21.4 Å². The molecular formula is C14H12ClFO2. The van der Waals surface area contributed by atoms with Crippen LogP contribution in [0, 0.1) is 5.82 Å². The van der Waals surface area contributed by atoms with Gasteiger partial charge < -0.3 is 9.84 Å². The Kier molecular flexibility index (Phi) is 4.18. The van der Waals surface area contributed by atoms with E-state index < -0.39 is 0 Å². The highest BCUT2D eigenvalue weighted by Crippen LogP contribution is 2.26. The Morgan fingerprint density at radius 1 is 1.06 bits per heavy atom. The smallest absolute Gasteiger partial charge is 0.138 e. The van der Waals surface area contributed by atoms with Crippen LogP contribution in [0.15, 0.2) is 42.5 Å². The van der Waals surface area contributed by atoms with Crippen LogP contribution >= 0.6 is 11.6 Å². The molecule has 4 heteroatoms. The van der Waals surface area contributed by atoms with Gasteiger partial charge in [-0.3, -0.25) is 0 Å². The Morgan fingerprint density at radius 3 is 2.33 bits per heavy atom. The molecule has 0 amide bonds. The van der Waals surface area contributed by atoms with Crippen molar-refractivity contribution in [2.75, 3.05) is 0 Å². The fourth-order valence-electron chi connectivity index (χ4n) is 1.50. The van der Waals surface area contributed by atoms with Crippen molar-refractivity contribution in [2.24, 2.45) is 0 Å². The molecule has 0 aliphatic carbocycles. The van der Waals surface area contributed by atoms with Gasteiger partial charge in [0.2, 0.25) is 0 Å². The van der Waals surface area contributed by atoms with Crippen LogP contribution in [0.5, 0.6) is 5.75 Å². The molecule has 0 aliphatic rings. The normalized spacial score (nSPS) is 10.4. The Labute approximate surface area is 110 Å². The summed E-state index contributed by atoms with van der Waals surface area (Å²) < 4.78 is 18.2. The highest BCUT2D eigenvalue weighted by Gasteiger charge is 2.03. The molecule has 0 spiro atoms. The van der Waals surface area contributed by atoms with Crippen LogP contribution in [0.4, 0.5) is 4.39 Å². The third kappa shape index (κ3) is 3.22. The lowest BCUT2D eigenvalue weighted by Gasteiger charge is -2.09. The summed E-state index contributed by atoms with van der Waals surface area (Å²) in [5.74, 6) is 0.266. The molecular weight excluding hydrogens is 255 g/mol. The number of ether oxygens (including phenoxy) is 1. The molecule has 0 unspecified atom stereocenters. The molecule has 18 heavy (non-hydrogen) atoms. The number of halogens is 2. The first-order valence-corrected chi connectivity index (χ1v) is 5.83. The van der Waals surface area contributed by atoms with Gasteiger partial charge in [-0.15, -0.1) is 0 Å². The van der Waals surface area contributed by atoms with Gasteiger partial charge in [-0.05, 0) is 35.4 Å². The van der Waals surface area contributed by atoms with Crippen LogP contribution in [-0.2, 0) is 13.2 Å². The number of hydrogen-bond acceptors (Lipinski definition) is 2. The van der Waals surface area contributed by atoms with E-state index in [1.807, 2.05) is 0 Å². The van der Waals surface area contributed by atoms with Crippen molar-refractivity contribution in [3.8, 4) is 5.75 Å². The van der Waals surface area contributed by atoms with Crippen LogP contribution in [0.25, 0.3) is 0 Å². The van der Waals surface area contributed by atoms with E-state index in [1.54, 1.807) is 30.3 Å². The summed E-state index contributed by atoms with van der Waals surface area (Å²) in [6, 6.07) is 11.2. The summed E-state index contributed by atoms with van der Waals surface area (Å²) in [5.41, 5.74) is 1.59. The second-order valence-electron chi connectivity index (χ2n) is 3.84. The van der Waals surface area contributed by atoms with Crippen molar-refractivity contribution < 1.29 is 14.2 Å². The van der Waals surface area contributed by atoms with Crippen molar-refractivity contribution in [1.82, 2.24) is 0 Å². The minimum absolute atomic E-state index is 0.0576. The van der Waals surface area contributed by atoms with Gasteiger partial charge in [0, 0.05) is 0 Å². The molecule has 2 nitrogen and oxygen atoms in total. The van der Waals surface area contributed by atoms with Crippen molar-refractivity contribution in [3.05, 3.63) is 64.4 Å². The van der Waals surface area contributed by atoms with Crippen molar-refractivity contribution >= 4 is 11.6 Å². The predicted molar refractivity (Wildman–Crippen MR) is 68.1 cm³/mol. The van der Waals surface area contributed by atoms with Gasteiger partial charge in [0.1, 0.15) is 18.2 Å². The average Bonchev–Trinajstić information content (AvgIpc) is 2.39. The predicted octanol–water partition coefficient (Wildman–Crippen LogP) is 3.55. The number of aliphatic hydroxyl groups is 1. The van der Waals surface area contributed by atoms with Crippen molar-refractivity contribution in [3.63, 3.8) is 0 Å². The Bertz CT molecular complexity index is 526. The van der Waals surface area contributed by atoms with Gasteiger partial charge >= 0.3 is 0 Å². The molecule has 0 saturated carbocycles. The second kappa shape index (κ2) is 5.85. The number of hydrogen-bond donors (Lipinski definition) is 1. The van der Waals surface area contributed by atoms with E-state index in [0.29, 0.717) is 17.4 Å². The van der Waals surface area contributed by atoms with Crippen LogP contribution in [0.1, 0.15) is 11.1 Å². The van der Waals surface area contributed by atoms with Crippen LogP contribution in [-0.4, -0.2) is 5.11 Å². The van der Waals surface area contributed by atoms with Gasteiger partial charge in [-0.1, -0.05) is 29.8 Å². The maximum Gasteiger partial charge on any atom is 0.138 e. The summed E-state index contributed by atoms with van der Waals surface area (Å²) in [6.07, 6.45) is 0. The van der Waals surface area contributed by atoms with E-state index in [-0.39, 0.29) is 12.4 Å². The maximum atomic E-state index is 12.7. The zero-order valence-corrected chi connectivity index (χ0v) is 10.3. The van der Waals surface area contributed by atoms with Crippen LogP contribution in [0.2, 0.25) is 5.02 Å². The highest BCUT2D eigenvalue weighted by molar-refractivity contribution is 6.32. The minimum Gasteiger partial charge on any atom is -0.487 e. The molecule has 0 aromatic heterocycles. The first-order chi connectivity index (χ1) is 8.69. The van der Waals surface area contributed by atoms with E-state index in [2.05, 4.69) is 0 Å². The standard InChI is InChI=1S/C14H12ClFO2/c15-13-7-11(8-17)3-6-14(13)18-9-10-1-4-12(16)5-2-10/h1-7,17H,8-9H2. The lowest BCUT2D eigenvalue weighted by atomic mass is 10.2. The molecule has 0 bridgehead atoms. The molecule has 1 N–H and O–H groups in total. The lowest BCUT2D eigenvalue weighted by Crippen LogP contribution is -1.96. The Hall–Kier alpha value is -1.58. The molecule has 0 aliphatic heterocycles. The first-order valence-electron chi connectivity index (χ1n) is 5.45. The van der Waals surface area contributed by atoms with E-state index >= 15 is 0 Å². The summed E-state index contributed by atoms with van der Waals surface area (Å²) in [7, 11) is 0. The highest BCUT2D eigenvalue weighted by atomic mass is 35.5. The van der Waals surface area contributed by atoms with Gasteiger partial charge in [-0.2, -0.15) is 0 Å². The SMILES string of the molecule is OCc1ccc(OCc2ccc(F)cc2)c(Cl)c1. The molecule has 94 valence electrons. The zero-order valence-electron chi connectivity index (χ0n) is 9.57. The van der Waals surface area contributed by atoms with Crippen molar-refractivity contribution in [2.45, 2.75) is 13.2 Å². The monoisotopic (exact) mass is 266 g/mol. The van der Waals surface area contributed by atoms with E-state index in [0.717, 1.165) is 11.1 Å². The summed E-state index contributed by atoms with van der Waals surface area (Å²) >= 11 is 6.00. The minimum atomic E-state index is -0.274. The molecule has 0 saturated heterocycles. The maximum absolute atomic E-state index is 12.7. The third-order valence-corrected chi connectivity index (χ3v) is 2.78. The molecule has 2 rings (SSSR count).